The van der Waals surface area contributed by atoms with Crippen LogP contribution >= 0.6 is 50.5 Å². The van der Waals surface area contributed by atoms with E-state index < -0.39 is 34.3 Å². The van der Waals surface area contributed by atoms with E-state index in [2.05, 4.69) is 36.8 Å². The second-order valence-corrected chi connectivity index (χ2v) is 8.76. The molecule has 0 aliphatic rings. The minimum atomic E-state index is -4.66. The van der Waals surface area contributed by atoms with Gasteiger partial charge in [0.25, 0.3) is 11.8 Å². The van der Waals surface area contributed by atoms with Gasteiger partial charge in [-0.15, -0.1) is 11.3 Å². The summed E-state index contributed by atoms with van der Waals surface area (Å²) in [5.41, 5.74) is 0.782. The van der Waals surface area contributed by atoms with Gasteiger partial charge in [-0.05, 0) is 46.3 Å². The Morgan fingerprint density at radius 2 is 1.91 bits per heavy atom. The molecule has 0 bridgehead atoms. The van der Waals surface area contributed by atoms with Crippen LogP contribution in [0.25, 0.3) is 0 Å². The number of hydrazone groups is 1. The monoisotopic (exact) mass is 564 g/mol. The maximum Gasteiger partial charge on any atom is 0.417 e. The van der Waals surface area contributed by atoms with Gasteiger partial charge in [-0.25, -0.2) is 10.4 Å². The average Bonchev–Trinajstić information content (AvgIpc) is 3.13. The van der Waals surface area contributed by atoms with Crippen molar-refractivity contribution in [2.24, 2.45) is 5.10 Å². The van der Waals surface area contributed by atoms with Crippen LogP contribution < -0.4 is 10.7 Å². The summed E-state index contributed by atoms with van der Waals surface area (Å²) in [6.07, 6.45) is -2.73. The van der Waals surface area contributed by atoms with Crippen LogP contribution in [0.2, 0.25) is 10.0 Å². The van der Waals surface area contributed by atoms with Crippen LogP contribution in [0.5, 0.6) is 0 Å². The fourth-order valence-corrected chi connectivity index (χ4v) is 4.09. The maximum absolute atomic E-state index is 12.8. The van der Waals surface area contributed by atoms with Crippen molar-refractivity contribution in [1.82, 2.24) is 10.4 Å². The molecule has 1 aromatic carbocycles. The Bertz CT molecular complexity index is 1220. The molecule has 0 atom stereocenters. The molecule has 3 aromatic rings. The highest BCUT2D eigenvalue weighted by atomic mass is 79.9. The third-order valence-electron chi connectivity index (χ3n) is 3.80. The molecule has 0 aliphatic heterocycles. The van der Waals surface area contributed by atoms with Crippen molar-refractivity contribution in [3.8, 4) is 0 Å². The van der Waals surface area contributed by atoms with Crippen LogP contribution in [-0.2, 0) is 6.18 Å². The third kappa shape index (κ3) is 6.06. The Morgan fingerprint density at radius 3 is 2.53 bits per heavy atom. The first-order valence-electron chi connectivity index (χ1n) is 8.45. The quantitative estimate of drug-likeness (QED) is 0.283. The number of halogens is 6. The number of carbonyl (C=O) groups excluding carboxylic acids is 2. The number of thiophene rings is 1. The number of alkyl halides is 3. The fourth-order valence-electron chi connectivity index (χ4n) is 2.37. The van der Waals surface area contributed by atoms with Crippen LogP contribution in [0.4, 0.5) is 18.9 Å². The molecule has 13 heteroatoms. The second-order valence-electron chi connectivity index (χ2n) is 6.06. The molecular formula is C19H10BrCl2F3N4O2S. The Balaban J connectivity index is 1.79. The lowest BCUT2D eigenvalue weighted by Crippen LogP contribution is -2.22. The van der Waals surface area contributed by atoms with Gasteiger partial charge in [-0.2, -0.15) is 18.3 Å². The van der Waals surface area contributed by atoms with E-state index in [-0.39, 0.29) is 16.3 Å². The van der Waals surface area contributed by atoms with Gasteiger partial charge in [-0.3, -0.25) is 9.59 Å². The normalized spacial score (nSPS) is 11.6. The highest BCUT2D eigenvalue weighted by Gasteiger charge is 2.32. The molecule has 2 amide bonds. The number of aromatic nitrogens is 1. The molecule has 166 valence electrons. The summed E-state index contributed by atoms with van der Waals surface area (Å²) in [6, 6.07) is 6.46. The topological polar surface area (TPSA) is 83.5 Å². The minimum absolute atomic E-state index is 0.0293. The van der Waals surface area contributed by atoms with Gasteiger partial charge < -0.3 is 5.32 Å². The van der Waals surface area contributed by atoms with Gasteiger partial charge in [0.1, 0.15) is 5.69 Å². The lowest BCUT2D eigenvalue weighted by Gasteiger charge is -2.12. The van der Waals surface area contributed by atoms with Crippen molar-refractivity contribution in [2.45, 2.75) is 6.18 Å². The zero-order chi connectivity index (χ0) is 23.5. The average molecular weight is 566 g/mol. The van der Waals surface area contributed by atoms with Crippen molar-refractivity contribution in [3.63, 3.8) is 0 Å². The minimum Gasteiger partial charge on any atom is -0.320 e. The molecule has 3 rings (SSSR count). The Morgan fingerprint density at radius 1 is 1.16 bits per heavy atom. The highest BCUT2D eigenvalue weighted by molar-refractivity contribution is 9.10. The molecule has 32 heavy (non-hydrogen) atoms. The number of hydrogen-bond donors (Lipinski definition) is 2. The molecule has 0 unspecified atom stereocenters. The standard InChI is InChI=1S/C19H10BrCl2F3N4O2S/c20-10-4-12(32-8-10)7-27-29-17(30)13-5-11(21)1-2-15(13)28-18(31)16-14(22)3-9(6-26-16)19(23,24)25/h1-8H,(H,28,31)(H,29,30). The molecule has 2 N–H and O–H groups in total. The number of benzene rings is 1. The SMILES string of the molecule is O=C(NN=Cc1cc(Br)cs1)c1cc(Cl)ccc1NC(=O)c1ncc(C(F)(F)F)cc1Cl. The van der Waals surface area contributed by atoms with E-state index in [1.807, 2.05) is 5.38 Å². The zero-order valence-corrected chi connectivity index (χ0v) is 19.4. The predicted molar refractivity (Wildman–Crippen MR) is 121 cm³/mol. The molecule has 0 radical (unpaired) electrons. The van der Waals surface area contributed by atoms with Gasteiger partial charge in [0, 0.05) is 25.9 Å². The highest BCUT2D eigenvalue weighted by Crippen LogP contribution is 2.31. The first-order chi connectivity index (χ1) is 15.0. The van der Waals surface area contributed by atoms with Gasteiger partial charge in [0.05, 0.1) is 28.1 Å². The predicted octanol–water partition coefficient (Wildman–Crippen LogP) is 6.25. The van der Waals surface area contributed by atoms with E-state index in [0.717, 1.165) is 9.35 Å². The van der Waals surface area contributed by atoms with Gasteiger partial charge in [0.2, 0.25) is 0 Å². The summed E-state index contributed by atoms with van der Waals surface area (Å²) in [5.74, 6) is -1.59. The number of nitrogens with zero attached hydrogens (tertiary/aromatic N) is 2. The number of nitrogens with one attached hydrogen (secondary N) is 2. The summed E-state index contributed by atoms with van der Waals surface area (Å²) in [7, 11) is 0. The largest absolute Gasteiger partial charge is 0.417 e. The summed E-state index contributed by atoms with van der Waals surface area (Å²) in [5, 5.41) is 7.82. The Hall–Kier alpha value is -2.47. The van der Waals surface area contributed by atoms with E-state index in [9.17, 15) is 22.8 Å². The smallest absolute Gasteiger partial charge is 0.320 e. The third-order valence-corrected chi connectivity index (χ3v) is 5.95. The van der Waals surface area contributed by atoms with Crippen molar-refractivity contribution in [2.75, 3.05) is 5.32 Å². The number of hydrogen-bond acceptors (Lipinski definition) is 5. The van der Waals surface area contributed by atoms with E-state index in [0.29, 0.717) is 12.3 Å². The summed E-state index contributed by atoms with van der Waals surface area (Å²) in [6.45, 7) is 0. The van der Waals surface area contributed by atoms with Crippen LogP contribution in [0.1, 0.15) is 31.3 Å². The number of carbonyl (C=O) groups is 2. The maximum atomic E-state index is 12.8. The van der Waals surface area contributed by atoms with E-state index in [1.54, 1.807) is 6.07 Å². The molecule has 2 heterocycles. The van der Waals surface area contributed by atoms with E-state index >= 15 is 0 Å². The first kappa shape index (κ1) is 24.2. The summed E-state index contributed by atoms with van der Waals surface area (Å²) < 4.78 is 39.2. The van der Waals surface area contributed by atoms with E-state index in [1.165, 1.54) is 35.8 Å². The van der Waals surface area contributed by atoms with E-state index in [4.69, 9.17) is 23.2 Å². The lowest BCUT2D eigenvalue weighted by atomic mass is 10.1. The van der Waals surface area contributed by atoms with Crippen molar-refractivity contribution in [1.29, 1.82) is 0 Å². The van der Waals surface area contributed by atoms with Crippen LogP contribution in [0.15, 0.2) is 51.5 Å². The molecular weight excluding hydrogens is 556 g/mol. The van der Waals surface area contributed by atoms with Gasteiger partial charge in [-0.1, -0.05) is 23.2 Å². The fraction of sp³-hybridized carbons (Fsp3) is 0.0526. The van der Waals surface area contributed by atoms with Crippen molar-refractivity contribution in [3.05, 3.63) is 78.1 Å². The Labute approximate surface area is 201 Å². The molecule has 2 aromatic heterocycles. The summed E-state index contributed by atoms with van der Waals surface area (Å²) >= 11 is 16.5. The van der Waals surface area contributed by atoms with Crippen molar-refractivity contribution >= 4 is 74.2 Å². The number of anilines is 1. The van der Waals surface area contributed by atoms with Gasteiger partial charge >= 0.3 is 6.18 Å². The molecule has 0 aliphatic carbocycles. The number of rotatable bonds is 5. The Kier molecular flexibility index (Phi) is 7.55. The molecule has 0 saturated heterocycles. The number of amides is 2. The second kappa shape index (κ2) is 9.99. The first-order valence-corrected chi connectivity index (χ1v) is 10.9. The van der Waals surface area contributed by atoms with Crippen LogP contribution in [0.3, 0.4) is 0 Å². The van der Waals surface area contributed by atoms with Crippen LogP contribution in [0, 0.1) is 0 Å². The molecule has 0 spiro atoms. The van der Waals surface area contributed by atoms with Gasteiger partial charge in [0.15, 0.2) is 0 Å². The molecule has 0 fully saturated rings. The zero-order valence-electron chi connectivity index (χ0n) is 15.5. The lowest BCUT2D eigenvalue weighted by molar-refractivity contribution is -0.137. The van der Waals surface area contributed by atoms with Crippen molar-refractivity contribution < 1.29 is 22.8 Å². The summed E-state index contributed by atoms with van der Waals surface area (Å²) in [4.78, 5) is 29.3. The van der Waals surface area contributed by atoms with Crippen LogP contribution in [-0.4, -0.2) is 23.0 Å². The molecule has 6 nitrogen and oxygen atoms in total. The molecule has 0 saturated carbocycles. The number of pyridine rings is 1.